The third kappa shape index (κ3) is 2.93. The Labute approximate surface area is 112 Å². The summed E-state index contributed by atoms with van der Waals surface area (Å²) in [6.45, 7) is 6.77. The predicted molar refractivity (Wildman–Crippen MR) is 80.0 cm³/mol. The number of rotatable bonds is 6. The van der Waals surface area contributed by atoms with Crippen molar-refractivity contribution in [2.24, 2.45) is 0 Å². The van der Waals surface area contributed by atoms with Crippen LogP contribution in [0, 0.1) is 0 Å². The van der Waals surface area contributed by atoms with Crippen LogP contribution in [0.5, 0.6) is 0 Å². The Morgan fingerprint density at radius 1 is 1.17 bits per heavy atom. The lowest BCUT2D eigenvalue weighted by Gasteiger charge is -2.43. The molecule has 0 spiro atoms. The Balaban J connectivity index is 3.07. The molecule has 2 unspecified atom stereocenters. The van der Waals surface area contributed by atoms with Crippen molar-refractivity contribution in [3.05, 3.63) is 35.4 Å². The van der Waals surface area contributed by atoms with E-state index in [1.165, 1.54) is 11.1 Å². The molecule has 0 saturated carbocycles. The maximum atomic E-state index is 3.49. The van der Waals surface area contributed by atoms with Crippen molar-refractivity contribution in [3.8, 4) is 0 Å². The third-order valence-corrected chi connectivity index (χ3v) is 4.37. The van der Waals surface area contributed by atoms with E-state index in [4.69, 9.17) is 0 Å². The van der Waals surface area contributed by atoms with Gasteiger partial charge in [-0.15, -0.1) is 0 Å². The standard InChI is InChI=1S/C16H28N2/c1-7-13-9-11-14(12-10-13)15(17-4)16(3,8-2)18(5)6/h9-12,15,17H,7-8H2,1-6H3. The number of aryl methyl sites for hydroxylation is 1. The van der Waals surface area contributed by atoms with Crippen LogP contribution in [0.2, 0.25) is 0 Å². The average molecular weight is 248 g/mol. The van der Waals surface area contributed by atoms with Crippen LogP contribution >= 0.6 is 0 Å². The highest BCUT2D eigenvalue weighted by molar-refractivity contribution is 5.27. The SMILES string of the molecule is CCc1ccc(C(NC)C(C)(CC)N(C)C)cc1. The van der Waals surface area contributed by atoms with Gasteiger partial charge in [-0.1, -0.05) is 38.1 Å². The van der Waals surface area contributed by atoms with Crippen LogP contribution in [0.3, 0.4) is 0 Å². The Bertz CT molecular complexity index is 356. The highest BCUT2D eigenvalue weighted by Gasteiger charge is 2.34. The quantitative estimate of drug-likeness (QED) is 0.831. The van der Waals surface area contributed by atoms with E-state index in [2.05, 4.69) is 76.4 Å². The Kier molecular flexibility index (Phi) is 5.36. The first kappa shape index (κ1) is 15.2. The largest absolute Gasteiger partial charge is 0.311 e. The van der Waals surface area contributed by atoms with Crippen molar-refractivity contribution in [1.29, 1.82) is 0 Å². The van der Waals surface area contributed by atoms with E-state index in [1.54, 1.807) is 0 Å². The van der Waals surface area contributed by atoms with Crippen LogP contribution in [0.4, 0.5) is 0 Å². The maximum absolute atomic E-state index is 3.49. The highest BCUT2D eigenvalue weighted by atomic mass is 15.2. The summed E-state index contributed by atoms with van der Waals surface area (Å²) in [5.74, 6) is 0. The molecule has 0 radical (unpaired) electrons. The van der Waals surface area contributed by atoms with Crippen LogP contribution in [0.25, 0.3) is 0 Å². The van der Waals surface area contributed by atoms with Gasteiger partial charge in [0.2, 0.25) is 0 Å². The van der Waals surface area contributed by atoms with E-state index < -0.39 is 0 Å². The van der Waals surface area contributed by atoms with Crippen LogP contribution in [0.15, 0.2) is 24.3 Å². The molecule has 0 amide bonds. The number of benzene rings is 1. The molecule has 0 heterocycles. The molecule has 0 aliphatic rings. The average Bonchev–Trinajstić information content (AvgIpc) is 2.39. The lowest BCUT2D eigenvalue weighted by atomic mass is 9.83. The number of nitrogens with one attached hydrogen (secondary N) is 1. The molecule has 0 aromatic heterocycles. The Hall–Kier alpha value is -0.860. The molecule has 2 atom stereocenters. The minimum Gasteiger partial charge on any atom is -0.311 e. The summed E-state index contributed by atoms with van der Waals surface area (Å²) in [7, 11) is 6.37. The molecule has 0 saturated heterocycles. The molecule has 1 N–H and O–H groups in total. The summed E-state index contributed by atoms with van der Waals surface area (Å²) in [5, 5.41) is 3.49. The van der Waals surface area contributed by atoms with Crippen molar-refractivity contribution in [2.75, 3.05) is 21.1 Å². The summed E-state index contributed by atoms with van der Waals surface area (Å²) < 4.78 is 0. The van der Waals surface area contributed by atoms with Crippen molar-refractivity contribution in [3.63, 3.8) is 0 Å². The predicted octanol–water partition coefficient (Wildman–Crippen LogP) is 3.24. The first-order chi connectivity index (χ1) is 8.49. The topological polar surface area (TPSA) is 15.3 Å². The molecular formula is C16H28N2. The van der Waals surface area contributed by atoms with Gasteiger partial charge in [-0.3, -0.25) is 0 Å². The first-order valence-corrected chi connectivity index (χ1v) is 6.93. The zero-order chi connectivity index (χ0) is 13.8. The molecule has 1 rings (SSSR count). The van der Waals surface area contributed by atoms with E-state index >= 15 is 0 Å². The van der Waals surface area contributed by atoms with Gasteiger partial charge in [0.05, 0.1) is 6.04 Å². The number of nitrogens with zero attached hydrogens (tertiary/aromatic N) is 1. The molecular weight excluding hydrogens is 220 g/mol. The fraction of sp³-hybridized carbons (Fsp3) is 0.625. The van der Waals surface area contributed by atoms with Crippen molar-refractivity contribution in [2.45, 2.75) is 45.2 Å². The minimum atomic E-state index is 0.127. The van der Waals surface area contributed by atoms with Gasteiger partial charge < -0.3 is 10.2 Å². The molecule has 0 aliphatic heterocycles. The van der Waals surface area contributed by atoms with Crippen LogP contribution < -0.4 is 5.32 Å². The molecule has 18 heavy (non-hydrogen) atoms. The lowest BCUT2D eigenvalue weighted by Crippen LogP contribution is -2.50. The van der Waals surface area contributed by atoms with Crippen LogP contribution in [0.1, 0.15) is 44.4 Å². The molecule has 2 heteroatoms. The summed E-state index contributed by atoms with van der Waals surface area (Å²) in [5.41, 5.74) is 2.90. The van der Waals surface area contributed by atoms with Crippen molar-refractivity contribution in [1.82, 2.24) is 10.2 Å². The molecule has 0 fully saturated rings. The highest BCUT2D eigenvalue weighted by Crippen LogP contribution is 2.32. The summed E-state index contributed by atoms with van der Waals surface area (Å²) in [6, 6.07) is 9.36. The van der Waals surface area contributed by atoms with E-state index in [9.17, 15) is 0 Å². The fourth-order valence-electron chi connectivity index (χ4n) is 2.56. The van der Waals surface area contributed by atoms with Gasteiger partial charge in [0.25, 0.3) is 0 Å². The number of likely N-dealkylation sites (N-methyl/N-ethyl adjacent to an activating group) is 2. The Morgan fingerprint density at radius 2 is 1.72 bits per heavy atom. The molecule has 1 aromatic carbocycles. The summed E-state index contributed by atoms with van der Waals surface area (Å²) in [6.07, 6.45) is 2.21. The molecule has 0 aliphatic carbocycles. The molecule has 0 bridgehead atoms. The second-order valence-electron chi connectivity index (χ2n) is 5.42. The van der Waals surface area contributed by atoms with Gasteiger partial charge in [0.1, 0.15) is 0 Å². The van der Waals surface area contributed by atoms with Gasteiger partial charge in [0, 0.05) is 5.54 Å². The Morgan fingerprint density at radius 3 is 2.06 bits per heavy atom. The molecule has 1 aromatic rings. The van der Waals surface area contributed by atoms with E-state index in [-0.39, 0.29) is 5.54 Å². The van der Waals surface area contributed by atoms with Crippen molar-refractivity contribution >= 4 is 0 Å². The summed E-state index contributed by atoms with van der Waals surface area (Å²) >= 11 is 0. The van der Waals surface area contributed by atoms with Crippen LogP contribution in [-0.4, -0.2) is 31.6 Å². The van der Waals surface area contributed by atoms with Gasteiger partial charge in [0.15, 0.2) is 0 Å². The van der Waals surface area contributed by atoms with Gasteiger partial charge in [-0.2, -0.15) is 0 Å². The number of hydrogen-bond acceptors (Lipinski definition) is 2. The fourth-order valence-corrected chi connectivity index (χ4v) is 2.56. The van der Waals surface area contributed by atoms with Gasteiger partial charge in [-0.25, -0.2) is 0 Å². The smallest absolute Gasteiger partial charge is 0.0501 e. The normalized spacial score (nSPS) is 16.6. The van der Waals surface area contributed by atoms with Gasteiger partial charge in [-0.05, 0) is 52.0 Å². The molecule has 102 valence electrons. The van der Waals surface area contributed by atoms with Crippen LogP contribution in [-0.2, 0) is 6.42 Å². The number of hydrogen-bond donors (Lipinski definition) is 1. The first-order valence-electron chi connectivity index (χ1n) is 6.93. The zero-order valence-corrected chi connectivity index (χ0v) is 12.7. The van der Waals surface area contributed by atoms with E-state index in [0.717, 1.165) is 12.8 Å². The van der Waals surface area contributed by atoms with Gasteiger partial charge >= 0.3 is 0 Å². The van der Waals surface area contributed by atoms with Crippen molar-refractivity contribution < 1.29 is 0 Å². The molecule has 2 nitrogen and oxygen atoms in total. The minimum absolute atomic E-state index is 0.127. The second kappa shape index (κ2) is 6.35. The zero-order valence-electron chi connectivity index (χ0n) is 12.7. The monoisotopic (exact) mass is 248 g/mol. The van der Waals surface area contributed by atoms with E-state index in [1.807, 2.05) is 0 Å². The lowest BCUT2D eigenvalue weighted by molar-refractivity contribution is 0.117. The van der Waals surface area contributed by atoms with E-state index in [0.29, 0.717) is 6.04 Å². The second-order valence-corrected chi connectivity index (χ2v) is 5.42. The maximum Gasteiger partial charge on any atom is 0.0501 e. The third-order valence-electron chi connectivity index (χ3n) is 4.37. The summed E-state index contributed by atoms with van der Waals surface area (Å²) in [4.78, 5) is 2.32.